The Hall–Kier alpha value is -1.14. The van der Waals surface area contributed by atoms with Gasteiger partial charge in [-0.05, 0) is 77.6 Å². The maximum absolute atomic E-state index is 13.1. The molecule has 3 atom stereocenters. The maximum atomic E-state index is 13.1. The van der Waals surface area contributed by atoms with Gasteiger partial charge in [0, 0.05) is 9.49 Å². The second-order valence-corrected chi connectivity index (χ2v) is 10.2. The molecule has 1 fully saturated rings. The van der Waals surface area contributed by atoms with Crippen LogP contribution in [0.5, 0.6) is 0 Å². The average Bonchev–Trinajstić information content (AvgIpc) is 2.61. The predicted octanol–water partition coefficient (Wildman–Crippen LogP) is 4.84. The van der Waals surface area contributed by atoms with Crippen molar-refractivity contribution in [3.8, 4) is 0 Å². The van der Waals surface area contributed by atoms with E-state index in [2.05, 4.69) is 59.0 Å². The molecule has 0 saturated heterocycles. The Morgan fingerprint density at radius 1 is 1.04 bits per heavy atom. The molecule has 4 rings (SSSR count). The van der Waals surface area contributed by atoms with E-state index in [0.717, 1.165) is 22.8 Å². The summed E-state index contributed by atoms with van der Waals surface area (Å²) in [6.07, 6.45) is 15.3. The molecular formula is C20H19IO2S. The summed E-state index contributed by atoms with van der Waals surface area (Å²) >= 11 is 2.20. The fourth-order valence-corrected chi connectivity index (χ4v) is 6.21. The van der Waals surface area contributed by atoms with E-state index >= 15 is 0 Å². The third kappa shape index (κ3) is 2.84. The van der Waals surface area contributed by atoms with Crippen LogP contribution >= 0.6 is 22.6 Å². The Balaban J connectivity index is 1.63. The van der Waals surface area contributed by atoms with Gasteiger partial charge in [-0.2, -0.15) is 0 Å². The van der Waals surface area contributed by atoms with Crippen molar-refractivity contribution in [1.82, 2.24) is 0 Å². The second kappa shape index (κ2) is 6.30. The lowest BCUT2D eigenvalue weighted by Crippen LogP contribution is -2.34. The fraction of sp³-hybridized carbons (Fsp3) is 0.300. The maximum Gasteiger partial charge on any atom is 0.181 e. The van der Waals surface area contributed by atoms with Crippen molar-refractivity contribution in [2.45, 2.75) is 29.4 Å². The van der Waals surface area contributed by atoms with Crippen molar-refractivity contribution in [3.05, 3.63) is 75.4 Å². The highest BCUT2D eigenvalue weighted by Gasteiger charge is 2.39. The van der Waals surface area contributed by atoms with Crippen LogP contribution in [-0.4, -0.2) is 13.7 Å². The summed E-state index contributed by atoms with van der Waals surface area (Å²) in [7, 11) is -3.26. The summed E-state index contributed by atoms with van der Waals surface area (Å²) < 4.78 is 27.2. The Morgan fingerprint density at radius 2 is 1.83 bits per heavy atom. The van der Waals surface area contributed by atoms with Crippen molar-refractivity contribution in [2.24, 2.45) is 11.8 Å². The SMILES string of the molecule is O=S(=O)(c1ccc(I)cc1)C1CCC2=CC=C3C=CC=CC3C2C1. The Labute approximate surface area is 157 Å². The largest absolute Gasteiger partial charge is 0.223 e. The lowest BCUT2D eigenvalue weighted by Gasteiger charge is -2.38. The summed E-state index contributed by atoms with van der Waals surface area (Å²) in [6.45, 7) is 0. The van der Waals surface area contributed by atoms with Gasteiger partial charge in [0.2, 0.25) is 0 Å². The molecule has 1 aromatic rings. The number of hydrogen-bond acceptors (Lipinski definition) is 2. The molecule has 24 heavy (non-hydrogen) atoms. The molecule has 4 heteroatoms. The predicted molar refractivity (Wildman–Crippen MR) is 105 cm³/mol. The van der Waals surface area contributed by atoms with E-state index in [4.69, 9.17) is 0 Å². The highest BCUT2D eigenvalue weighted by Crippen LogP contribution is 2.45. The van der Waals surface area contributed by atoms with Crippen LogP contribution in [0.1, 0.15) is 19.3 Å². The first kappa shape index (κ1) is 16.3. The van der Waals surface area contributed by atoms with Gasteiger partial charge >= 0.3 is 0 Å². The number of hydrogen-bond donors (Lipinski definition) is 0. The molecule has 1 aromatic carbocycles. The van der Waals surface area contributed by atoms with E-state index in [1.54, 1.807) is 12.1 Å². The highest BCUT2D eigenvalue weighted by molar-refractivity contribution is 14.1. The number of allylic oxidation sites excluding steroid dienone is 8. The molecule has 3 aliphatic carbocycles. The molecule has 0 aliphatic heterocycles. The van der Waals surface area contributed by atoms with Crippen molar-refractivity contribution in [3.63, 3.8) is 0 Å². The van der Waals surface area contributed by atoms with Crippen LogP contribution in [0.4, 0.5) is 0 Å². The van der Waals surface area contributed by atoms with Crippen molar-refractivity contribution in [1.29, 1.82) is 0 Å². The molecule has 0 aromatic heterocycles. The number of sulfone groups is 1. The van der Waals surface area contributed by atoms with Crippen molar-refractivity contribution < 1.29 is 8.42 Å². The van der Waals surface area contributed by atoms with E-state index in [0.29, 0.717) is 16.7 Å². The van der Waals surface area contributed by atoms with Crippen molar-refractivity contribution in [2.75, 3.05) is 0 Å². The second-order valence-electron chi connectivity index (χ2n) is 6.68. The first-order chi connectivity index (χ1) is 11.6. The minimum atomic E-state index is -3.26. The van der Waals surface area contributed by atoms with Crippen LogP contribution in [0, 0.1) is 15.4 Å². The fourth-order valence-electron chi connectivity index (χ4n) is 4.06. The van der Waals surface area contributed by atoms with Crippen LogP contribution in [-0.2, 0) is 9.84 Å². The van der Waals surface area contributed by atoms with Crippen LogP contribution in [0.3, 0.4) is 0 Å². The summed E-state index contributed by atoms with van der Waals surface area (Å²) in [5, 5.41) is -0.279. The first-order valence-corrected chi connectivity index (χ1v) is 10.9. The van der Waals surface area contributed by atoms with Gasteiger partial charge in [-0.3, -0.25) is 0 Å². The summed E-state index contributed by atoms with van der Waals surface area (Å²) in [5.74, 6) is 0.660. The molecule has 0 N–H and O–H groups in total. The third-order valence-corrected chi connectivity index (χ3v) is 8.31. The standard InChI is InChI=1S/C20H19IO2S/c21-16-8-11-17(12-9-16)24(22,23)18-10-7-15-6-5-14-3-1-2-4-19(14)20(15)13-18/h1-6,8-9,11-12,18-20H,7,10,13H2. The Kier molecular flexibility index (Phi) is 4.29. The van der Waals surface area contributed by atoms with E-state index < -0.39 is 9.84 Å². The van der Waals surface area contributed by atoms with Gasteiger partial charge in [-0.25, -0.2) is 8.42 Å². The molecule has 0 spiro atoms. The minimum absolute atomic E-state index is 0.279. The van der Waals surface area contributed by atoms with Gasteiger partial charge in [0.25, 0.3) is 0 Å². The van der Waals surface area contributed by atoms with Gasteiger partial charge in [0.05, 0.1) is 10.1 Å². The molecule has 3 aliphatic rings. The molecule has 1 saturated carbocycles. The van der Waals surface area contributed by atoms with Gasteiger partial charge in [0.1, 0.15) is 0 Å². The molecule has 3 unspecified atom stereocenters. The quantitative estimate of drug-likeness (QED) is 0.605. The number of rotatable bonds is 2. The summed E-state index contributed by atoms with van der Waals surface area (Å²) in [4.78, 5) is 0.464. The van der Waals surface area contributed by atoms with E-state index in [9.17, 15) is 8.42 Å². The normalized spacial score (nSPS) is 28.6. The zero-order valence-electron chi connectivity index (χ0n) is 13.2. The first-order valence-electron chi connectivity index (χ1n) is 8.31. The molecule has 0 bridgehead atoms. The van der Waals surface area contributed by atoms with Gasteiger partial charge in [-0.1, -0.05) is 42.0 Å². The molecule has 124 valence electrons. The van der Waals surface area contributed by atoms with E-state index in [1.807, 2.05) is 12.1 Å². The topological polar surface area (TPSA) is 34.1 Å². The van der Waals surface area contributed by atoms with Crippen LogP contribution in [0.25, 0.3) is 0 Å². The lowest BCUT2D eigenvalue weighted by molar-refractivity contribution is 0.389. The van der Waals surface area contributed by atoms with Gasteiger partial charge < -0.3 is 0 Å². The third-order valence-electron chi connectivity index (χ3n) is 5.36. The summed E-state index contributed by atoms with van der Waals surface area (Å²) in [6, 6.07) is 7.24. The molecule has 0 amide bonds. The summed E-state index contributed by atoms with van der Waals surface area (Å²) in [5.41, 5.74) is 2.72. The molecule has 0 heterocycles. The number of fused-ring (bicyclic) bond motifs is 3. The number of benzene rings is 1. The van der Waals surface area contributed by atoms with Crippen LogP contribution in [0.15, 0.2) is 76.8 Å². The van der Waals surface area contributed by atoms with Crippen LogP contribution in [0.2, 0.25) is 0 Å². The minimum Gasteiger partial charge on any atom is -0.223 e. The molecular weight excluding hydrogens is 431 g/mol. The molecule has 0 radical (unpaired) electrons. The monoisotopic (exact) mass is 450 g/mol. The Morgan fingerprint density at radius 3 is 2.62 bits per heavy atom. The average molecular weight is 450 g/mol. The zero-order valence-corrected chi connectivity index (χ0v) is 16.2. The van der Waals surface area contributed by atoms with Gasteiger partial charge in [-0.15, -0.1) is 0 Å². The van der Waals surface area contributed by atoms with Crippen molar-refractivity contribution >= 4 is 32.4 Å². The lowest BCUT2D eigenvalue weighted by atomic mass is 9.69. The highest BCUT2D eigenvalue weighted by atomic mass is 127. The number of halogens is 1. The van der Waals surface area contributed by atoms with E-state index in [-0.39, 0.29) is 5.25 Å². The van der Waals surface area contributed by atoms with E-state index in [1.165, 1.54) is 11.1 Å². The molecule has 2 nitrogen and oxygen atoms in total. The Bertz CT molecular complexity index is 873. The smallest absolute Gasteiger partial charge is 0.181 e. The zero-order chi connectivity index (χ0) is 16.7. The van der Waals surface area contributed by atoms with Crippen LogP contribution < -0.4 is 0 Å². The van der Waals surface area contributed by atoms with Gasteiger partial charge in [0.15, 0.2) is 9.84 Å².